The van der Waals surface area contributed by atoms with Crippen molar-refractivity contribution >= 4 is 12.0 Å². The molecule has 1 amide bonds. The standard InChI is InChI=1S/C23H26N6O3/c1-22(2,32-20(24)30)13-23(7-8-23)19-29-28-18(31-19)16-11-25-21(26-12-16)27-17-9-14-5-3-4-6-15(14)10-17/h3-6,11-12,17H,7-10,13H2,1-2H3,(H2,24,30)(H,25,26,27). The molecule has 2 aliphatic rings. The molecular weight excluding hydrogens is 408 g/mol. The number of nitrogens with zero attached hydrogens (tertiary/aromatic N) is 4. The lowest BCUT2D eigenvalue weighted by atomic mass is 9.90. The van der Waals surface area contributed by atoms with E-state index in [1.165, 1.54) is 11.1 Å². The first-order valence-corrected chi connectivity index (χ1v) is 10.8. The van der Waals surface area contributed by atoms with Gasteiger partial charge in [0.1, 0.15) is 5.60 Å². The Morgan fingerprint density at radius 3 is 2.44 bits per heavy atom. The van der Waals surface area contributed by atoms with E-state index in [0.717, 1.165) is 25.7 Å². The van der Waals surface area contributed by atoms with Gasteiger partial charge in [0.05, 0.1) is 11.0 Å². The summed E-state index contributed by atoms with van der Waals surface area (Å²) in [5.74, 6) is 1.49. The number of fused-ring (bicyclic) bond motifs is 1. The zero-order valence-electron chi connectivity index (χ0n) is 18.2. The van der Waals surface area contributed by atoms with E-state index in [1.807, 2.05) is 13.8 Å². The Labute approximate surface area is 185 Å². The highest BCUT2D eigenvalue weighted by atomic mass is 16.6. The van der Waals surface area contributed by atoms with E-state index in [0.29, 0.717) is 29.7 Å². The molecule has 32 heavy (non-hydrogen) atoms. The smallest absolute Gasteiger partial charge is 0.405 e. The number of hydrogen-bond acceptors (Lipinski definition) is 8. The maximum Gasteiger partial charge on any atom is 0.405 e. The van der Waals surface area contributed by atoms with E-state index in [-0.39, 0.29) is 11.5 Å². The van der Waals surface area contributed by atoms with Gasteiger partial charge < -0.3 is 20.2 Å². The number of anilines is 1. The summed E-state index contributed by atoms with van der Waals surface area (Å²) in [5, 5.41) is 11.9. The Morgan fingerprint density at radius 2 is 1.84 bits per heavy atom. The van der Waals surface area contributed by atoms with Crippen LogP contribution in [0, 0.1) is 0 Å². The summed E-state index contributed by atoms with van der Waals surface area (Å²) < 4.78 is 11.2. The molecule has 3 N–H and O–H groups in total. The van der Waals surface area contributed by atoms with Crippen LogP contribution >= 0.6 is 0 Å². The summed E-state index contributed by atoms with van der Waals surface area (Å²) in [7, 11) is 0. The second-order valence-corrected chi connectivity index (χ2v) is 9.36. The highest BCUT2D eigenvalue weighted by Crippen LogP contribution is 2.53. The highest BCUT2D eigenvalue weighted by molar-refractivity contribution is 5.65. The normalized spacial score (nSPS) is 17.1. The third kappa shape index (κ3) is 4.15. The number of aromatic nitrogens is 4. The second-order valence-electron chi connectivity index (χ2n) is 9.36. The van der Waals surface area contributed by atoms with Crippen LogP contribution in [-0.2, 0) is 23.0 Å². The number of hydrogen-bond donors (Lipinski definition) is 2. The van der Waals surface area contributed by atoms with Crippen molar-refractivity contribution in [2.24, 2.45) is 5.73 Å². The summed E-state index contributed by atoms with van der Waals surface area (Å²) in [4.78, 5) is 20.0. The van der Waals surface area contributed by atoms with Gasteiger partial charge in [0.25, 0.3) is 5.89 Å². The number of nitrogens with one attached hydrogen (secondary N) is 1. The van der Waals surface area contributed by atoms with Crippen molar-refractivity contribution in [2.75, 3.05) is 5.32 Å². The van der Waals surface area contributed by atoms with Crippen LogP contribution in [0.25, 0.3) is 11.5 Å². The van der Waals surface area contributed by atoms with Gasteiger partial charge in [-0.2, -0.15) is 0 Å². The van der Waals surface area contributed by atoms with E-state index in [9.17, 15) is 4.79 Å². The minimum atomic E-state index is -0.788. The molecule has 0 spiro atoms. The van der Waals surface area contributed by atoms with Crippen LogP contribution in [0.1, 0.15) is 50.1 Å². The quantitative estimate of drug-likeness (QED) is 0.579. The number of nitrogens with two attached hydrogens (primary N) is 1. The van der Waals surface area contributed by atoms with Crippen molar-refractivity contribution in [2.45, 2.75) is 63.0 Å². The number of amides is 1. The Kier molecular flexibility index (Phi) is 4.83. The molecule has 2 aromatic heterocycles. The summed E-state index contributed by atoms with van der Waals surface area (Å²) in [5.41, 5.74) is 7.59. The zero-order valence-corrected chi connectivity index (χ0v) is 18.2. The molecule has 0 radical (unpaired) electrons. The highest BCUT2D eigenvalue weighted by Gasteiger charge is 2.53. The van der Waals surface area contributed by atoms with Gasteiger partial charge in [-0.15, -0.1) is 10.2 Å². The van der Waals surface area contributed by atoms with Crippen molar-refractivity contribution in [3.63, 3.8) is 0 Å². The molecule has 1 saturated carbocycles. The van der Waals surface area contributed by atoms with Crippen LogP contribution in [0.3, 0.4) is 0 Å². The van der Waals surface area contributed by atoms with Crippen molar-refractivity contribution in [1.29, 1.82) is 0 Å². The largest absolute Gasteiger partial charge is 0.444 e. The summed E-state index contributed by atoms with van der Waals surface area (Å²) in [6, 6.07) is 8.77. The first kappa shape index (κ1) is 20.4. The number of ether oxygens (including phenoxy) is 1. The average molecular weight is 435 g/mol. The van der Waals surface area contributed by atoms with E-state index in [4.69, 9.17) is 14.9 Å². The monoisotopic (exact) mass is 434 g/mol. The van der Waals surface area contributed by atoms with Crippen LogP contribution in [0.5, 0.6) is 0 Å². The third-order valence-corrected chi connectivity index (χ3v) is 6.16. The van der Waals surface area contributed by atoms with Gasteiger partial charge in [-0.05, 0) is 50.7 Å². The molecule has 166 valence electrons. The Balaban J connectivity index is 1.25. The van der Waals surface area contributed by atoms with E-state index >= 15 is 0 Å². The molecule has 0 saturated heterocycles. The predicted octanol–water partition coefficient (Wildman–Crippen LogP) is 3.40. The van der Waals surface area contributed by atoms with Gasteiger partial charge >= 0.3 is 6.09 Å². The molecule has 9 nitrogen and oxygen atoms in total. The fourth-order valence-corrected chi connectivity index (χ4v) is 4.65. The number of rotatable bonds is 7. The lowest BCUT2D eigenvalue weighted by Gasteiger charge is -2.27. The maximum absolute atomic E-state index is 11.2. The second kappa shape index (κ2) is 7.58. The first-order chi connectivity index (χ1) is 15.3. The molecule has 3 aromatic rings. The molecule has 2 aliphatic carbocycles. The van der Waals surface area contributed by atoms with Crippen molar-refractivity contribution in [3.8, 4) is 11.5 Å². The molecule has 2 heterocycles. The summed E-state index contributed by atoms with van der Waals surface area (Å²) >= 11 is 0. The van der Waals surface area contributed by atoms with E-state index in [2.05, 4.69) is 49.7 Å². The molecule has 0 bridgehead atoms. The Morgan fingerprint density at radius 1 is 1.19 bits per heavy atom. The van der Waals surface area contributed by atoms with Crippen molar-refractivity contribution in [3.05, 3.63) is 53.7 Å². The van der Waals surface area contributed by atoms with Crippen molar-refractivity contribution in [1.82, 2.24) is 20.2 Å². The molecule has 5 rings (SSSR count). The zero-order chi connectivity index (χ0) is 22.3. The van der Waals surface area contributed by atoms with Gasteiger partial charge in [0.2, 0.25) is 11.8 Å². The first-order valence-electron chi connectivity index (χ1n) is 10.8. The third-order valence-electron chi connectivity index (χ3n) is 6.16. The average Bonchev–Trinajstić information content (AvgIpc) is 3.16. The minimum absolute atomic E-state index is 0.286. The lowest BCUT2D eigenvalue weighted by molar-refractivity contribution is 0.0289. The van der Waals surface area contributed by atoms with Crippen LogP contribution in [-0.4, -0.2) is 37.9 Å². The van der Waals surface area contributed by atoms with Gasteiger partial charge in [0, 0.05) is 24.9 Å². The molecular formula is C23H26N6O3. The summed E-state index contributed by atoms with van der Waals surface area (Å²) in [6.07, 6.45) is 6.87. The SMILES string of the molecule is CC(C)(CC1(c2nnc(-c3cnc(NC4Cc5ccccc5C4)nc3)o2)CC1)OC(N)=O. The fraction of sp³-hybridized carbons (Fsp3) is 0.435. The lowest BCUT2D eigenvalue weighted by Crippen LogP contribution is -2.35. The molecule has 0 aliphatic heterocycles. The summed E-state index contributed by atoms with van der Waals surface area (Å²) in [6.45, 7) is 3.66. The number of carbonyl (C=O) groups excluding carboxylic acids is 1. The van der Waals surface area contributed by atoms with Crippen molar-refractivity contribution < 1.29 is 13.9 Å². The van der Waals surface area contributed by atoms with Gasteiger partial charge in [0.15, 0.2) is 0 Å². The number of benzene rings is 1. The molecule has 1 fully saturated rings. The number of primary amides is 1. The Bertz CT molecular complexity index is 1110. The topological polar surface area (TPSA) is 129 Å². The maximum atomic E-state index is 11.2. The minimum Gasteiger partial charge on any atom is -0.444 e. The predicted molar refractivity (Wildman–Crippen MR) is 117 cm³/mol. The van der Waals surface area contributed by atoms with Gasteiger partial charge in [-0.1, -0.05) is 24.3 Å². The molecule has 1 aromatic carbocycles. The number of carbonyl (C=O) groups is 1. The van der Waals surface area contributed by atoms with Crippen LogP contribution in [0.15, 0.2) is 41.1 Å². The van der Waals surface area contributed by atoms with Crippen LogP contribution in [0.4, 0.5) is 10.7 Å². The van der Waals surface area contributed by atoms with Gasteiger partial charge in [-0.3, -0.25) is 0 Å². The molecule has 9 heteroatoms. The fourth-order valence-electron chi connectivity index (χ4n) is 4.65. The Hall–Kier alpha value is -3.49. The van der Waals surface area contributed by atoms with Crippen LogP contribution in [0.2, 0.25) is 0 Å². The molecule has 0 atom stereocenters. The van der Waals surface area contributed by atoms with E-state index < -0.39 is 11.7 Å². The van der Waals surface area contributed by atoms with E-state index in [1.54, 1.807) is 12.4 Å². The van der Waals surface area contributed by atoms with Crippen LogP contribution < -0.4 is 11.1 Å². The molecule has 0 unspecified atom stereocenters. The van der Waals surface area contributed by atoms with Gasteiger partial charge in [-0.25, -0.2) is 14.8 Å².